The molecule has 2 heterocycles. The lowest BCUT2D eigenvalue weighted by molar-refractivity contribution is 0.263. The Morgan fingerprint density at radius 2 is 1.81 bits per heavy atom. The monoisotopic (exact) mass is 283 g/mol. The van der Waals surface area contributed by atoms with Crippen molar-refractivity contribution < 1.29 is 4.74 Å². The fourth-order valence-corrected chi connectivity index (χ4v) is 2.47. The van der Waals surface area contributed by atoms with E-state index in [2.05, 4.69) is 48.0 Å². The predicted octanol–water partition coefficient (Wildman–Crippen LogP) is 3.22. The Balaban J connectivity index is 1.79. The summed E-state index contributed by atoms with van der Waals surface area (Å²) in [4.78, 5) is 6.83. The lowest BCUT2D eigenvalue weighted by Gasteiger charge is -2.18. The molecule has 0 amide bonds. The maximum absolute atomic E-state index is 5.95. The maximum atomic E-state index is 5.95. The molecule has 2 aromatic rings. The van der Waals surface area contributed by atoms with E-state index in [-0.39, 0.29) is 0 Å². The molecule has 0 saturated heterocycles. The molecule has 4 nitrogen and oxygen atoms in total. The van der Waals surface area contributed by atoms with Gasteiger partial charge in [-0.3, -0.25) is 0 Å². The predicted molar refractivity (Wildman–Crippen MR) is 85.3 cm³/mol. The number of hydrogen-bond donors (Lipinski definition) is 1. The van der Waals surface area contributed by atoms with Crippen LogP contribution < -0.4 is 15.4 Å². The van der Waals surface area contributed by atoms with Crippen LogP contribution in [-0.4, -0.2) is 11.6 Å². The van der Waals surface area contributed by atoms with Crippen LogP contribution in [0.3, 0.4) is 0 Å². The number of ether oxygens (including phenoxy) is 1. The summed E-state index contributed by atoms with van der Waals surface area (Å²) in [6.45, 7) is 6.61. The lowest BCUT2D eigenvalue weighted by Crippen LogP contribution is -2.17. The van der Waals surface area contributed by atoms with Crippen LogP contribution in [0.4, 0.5) is 11.5 Å². The molecule has 21 heavy (non-hydrogen) atoms. The maximum Gasteiger partial charge on any atom is 0.239 e. The van der Waals surface area contributed by atoms with Gasteiger partial charge in [0.2, 0.25) is 5.88 Å². The van der Waals surface area contributed by atoms with Crippen LogP contribution in [-0.2, 0) is 13.1 Å². The van der Waals surface area contributed by atoms with Gasteiger partial charge in [-0.05, 0) is 29.2 Å². The molecule has 0 saturated carbocycles. The number of pyridine rings is 1. The second kappa shape index (κ2) is 5.64. The SMILES string of the molecule is CC(C)COc1nc(N2Cc3ccccc3C2)ccc1N. The summed E-state index contributed by atoms with van der Waals surface area (Å²) >= 11 is 0. The van der Waals surface area contributed by atoms with Crippen molar-refractivity contribution in [3.63, 3.8) is 0 Å². The van der Waals surface area contributed by atoms with Gasteiger partial charge in [-0.15, -0.1) is 0 Å². The van der Waals surface area contributed by atoms with E-state index in [1.54, 1.807) is 0 Å². The Labute approximate surface area is 125 Å². The first-order valence-electron chi connectivity index (χ1n) is 7.34. The summed E-state index contributed by atoms with van der Waals surface area (Å²) in [5.74, 6) is 1.90. The normalized spacial score (nSPS) is 13.6. The highest BCUT2D eigenvalue weighted by atomic mass is 16.5. The van der Waals surface area contributed by atoms with Crippen molar-refractivity contribution in [1.82, 2.24) is 4.98 Å². The van der Waals surface area contributed by atoms with Crippen molar-refractivity contribution >= 4 is 11.5 Å². The second-order valence-electron chi connectivity index (χ2n) is 5.89. The number of anilines is 2. The Morgan fingerprint density at radius 3 is 2.43 bits per heavy atom. The zero-order chi connectivity index (χ0) is 14.8. The molecule has 0 fully saturated rings. The minimum atomic E-state index is 0.450. The van der Waals surface area contributed by atoms with E-state index in [4.69, 9.17) is 10.5 Å². The van der Waals surface area contributed by atoms with E-state index in [0.717, 1.165) is 18.9 Å². The minimum Gasteiger partial charge on any atom is -0.476 e. The van der Waals surface area contributed by atoms with Crippen LogP contribution in [0.2, 0.25) is 0 Å². The van der Waals surface area contributed by atoms with E-state index in [9.17, 15) is 0 Å². The first kappa shape index (κ1) is 13.7. The van der Waals surface area contributed by atoms with Gasteiger partial charge in [0, 0.05) is 13.1 Å². The van der Waals surface area contributed by atoms with Crippen molar-refractivity contribution in [1.29, 1.82) is 0 Å². The highest BCUT2D eigenvalue weighted by molar-refractivity contribution is 5.56. The highest BCUT2D eigenvalue weighted by Crippen LogP contribution is 2.30. The molecule has 0 unspecified atom stereocenters. The topological polar surface area (TPSA) is 51.4 Å². The molecule has 0 aliphatic carbocycles. The largest absolute Gasteiger partial charge is 0.476 e. The number of fused-ring (bicyclic) bond motifs is 1. The number of rotatable bonds is 4. The fourth-order valence-electron chi connectivity index (χ4n) is 2.47. The summed E-state index contributed by atoms with van der Waals surface area (Å²) in [6, 6.07) is 12.3. The summed E-state index contributed by atoms with van der Waals surface area (Å²) in [6.07, 6.45) is 0. The molecule has 0 bridgehead atoms. The molecule has 110 valence electrons. The third-order valence-electron chi connectivity index (χ3n) is 3.59. The zero-order valence-electron chi connectivity index (χ0n) is 12.5. The van der Waals surface area contributed by atoms with Gasteiger partial charge in [0.25, 0.3) is 0 Å². The summed E-state index contributed by atoms with van der Waals surface area (Å²) in [5.41, 5.74) is 9.27. The average Bonchev–Trinajstić information content (AvgIpc) is 2.90. The van der Waals surface area contributed by atoms with E-state index >= 15 is 0 Å². The van der Waals surface area contributed by atoms with Gasteiger partial charge in [-0.25, -0.2) is 0 Å². The molecule has 1 aliphatic heterocycles. The van der Waals surface area contributed by atoms with Gasteiger partial charge >= 0.3 is 0 Å². The third kappa shape index (κ3) is 2.94. The Morgan fingerprint density at radius 1 is 1.14 bits per heavy atom. The Hall–Kier alpha value is -2.23. The highest BCUT2D eigenvalue weighted by Gasteiger charge is 2.20. The summed E-state index contributed by atoms with van der Waals surface area (Å²) in [5, 5.41) is 0. The van der Waals surface area contributed by atoms with Gasteiger partial charge in [0.05, 0.1) is 12.3 Å². The molecule has 4 heteroatoms. The summed E-state index contributed by atoms with van der Waals surface area (Å²) in [7, 11) is 0. The molecular formula is C17H21N3O. The van der Waals surface area contributed by atoms with Crippen LogP contribution in [0, 0.1) is 5.92 Å². The molecule has 3 rings (SSSR count). The minimum absolute atomic E-state index is 0.450. The lowest BCUT2D eigenvalue weighted by atomic mass is 10.1. The number of aromatic nitrogens is 1. The average molecular weight is 283 g/mol. The van der Waals surface area contributed by atoms with Crippen molar-refractivity contribution in [3.05, 3.63) is 47.5 Å². The van der Waals surface area contributed by atoms with Crippen LogP contribution >= 0.6 is 0 Å². The summed E-state index contributed by atoms with van der Waals surface area (Å²) < 4.78 is 5.71. The molecular weight excluding hydrogens is 262 g/mol. The number of benzene rings is 1. The van der Waals surface area contributed by atoms with Crippen molar-refractivity contribution in [3.8, 4) is 5.88 Å². The molecule has 0 atom stereocenters. The third-order valence-corrected chi connectivity index (χ3v) is 3.59. The van der Waals surface area contributed by atoms with E-state index < -0.39 is 0 Å². The quantitative estimate of drug-likeness (QED) is 0.936. The van der Waals surface area contributed by atoms with Gasteiger partial charge in [0.15, 0.2) is 0 Å². The second-order valence-corrected chi connectivity index (χ2v) is 5.89. The first-order chi connectivity index (χ1) is 10.1. The Kier molecular flexibility index (Phi) is 3.69. The molecule has 1 aromatic heterocycles. The molecule has 0 spiro atoms. The molecule has 1 aliphatic rings. The van der Waals surface area contributed by atoms with Crippen LogP contribution in [0.5, 0.6) is 5.88 Å². The van der Waals surface area contributed by atoms with Gasteiger partial charge in [0.1, 0.15) is 5.82 Å². The van der Waals surface area contributed by atoms with Crippen LogP contribution in [0.1, 0.15) is 25.0 Å². The van der Waals surface area contributed by atoms with Crippen LogP contribution in [0.15, 0.2) is 36.4 Å². The van der Waals surface area contributed by atoms with Crippen molar-refractivity contribution in [2.75, 3.05) is 17.2 Å². The number of hydrogen-bond acceptors (Lipinski definition) is 4. The van der Waals surface area contributed by atoms with Gasteiger partial charge in [-0.1, -0.05) is 38.1 Å². The first-order valence-corrected chi connectivity index (χ1v) is 7.34. The molecule has 1 aromatic carbocycles. The zero-order valence-corrected chi connectivity index (χ0v) is 12.5. The van der Waals surface area contributed by atoms with Gasteiger partial charge < -0.3 is 15.4 Å². The standard InChI is InChI=1S/C17H21N3O/c1-12(2)11-21-17-15(18)7-8-16(19-17)20-9-13-5-3-4-6-14(13)10-20/h3-8,12H,9-11,18H2,1-2H3. The van der Waals surface area contributed by atoms with Crippen molar-refractivity contribution in [2.24, 2.45) is 5.92 Å². The molecule has 0 radical (unpaired) electrons. The smallest absolute Gasteiger partial charge is 0.239 e. The molecule has 2 N–H and O–H groups in total. The fraction of sp³-hybridized carbons (Fsp3) is 0.353. The van der Waals surface area contributed by atoms with E-state index in [1.165, 1.54) is 11.1 Å². The Bertz CT molecular complexity index is 615. The van der Waals surface area contributed by atoms with Crippen molar-refractivity contribution in [2.45, 2.75) is 26.9 Å². The van der Waals surface area contributed by atoms with Crippen LogP contribution in [0.25, 0.3) is 0 Å². The van der Waals surface area contributed by atoms with E-state index in [1.807, 2.05) is 12.1 Å². The number of nitrogen functional groups attached to an aromatic ring is 1. The van der Waals surface area contributed by atoms with Gasteiger partial charge in [-0.2, -0.15) is 4.98 Å². The number of nitrogens with zero attached hydrogens (tertiary/aromatic N) is 2. The van der Waals surface area contributed by atoms with E-state index in [0.29, 0.717) is 24.1 Å². The number of nitrogens with two attached hydrogens (primary N) is 1.